The Labute approximate surface area is 446 Å². The maximum absolute atomic E-state index is 2.89. The predicted octanol–water partition coefficient (Wildman–Crippen LogP) is 18.0. The van der Waals surface area contributed by atoms with Crippen LogP contribution in [0.1, 0.15) is 219 Å². The lowest BCUT2D eigenvalue weighted by Gasteiger charge is -2.52. The Kier molecular flexibility index (Phi) is 10.8. The smallest absolute Gasteiger partial charge is 0.264 e. The Morgan fingerprint density at radius 2 is 1.03 bits per heavy atom. The van der Waals surface area contributed by atoms with Crippen molar-refractivity contribution in [3.63, 3.8) is 0 Å². The van der Waals surface area contributed by atoms with Gasteiger partial charge in [-0.25, -0.2) is 0 Å². The number of benzene rings is 5. The lowest BCUT2D eigenvalue weighted by molar-refractivity contribution is 0.0781. The van der Waals surface area contributed by atoms with E-state index in [2.05, 4.69) is 219 Å². The minimum atomic E-state index is -0.0132. The van der Waals surface area contributed by atoms with Crippen LogP contribution in [-0.2, 0) is 37.9 Å². The van der Waals surface area contributed by atoms with Gasteiger partial charge in [-0.2, -0.15) is 0 Å². The molecular formula is C69H87BN2S. The number of hydrogen-bond acceptors (Lipinski definition) is 3. The molecule has 0 N–H and O–H groups in total. The molecule has 73 heavy (non-hydrogen) atoms. The molecule has 0 spiro atoms. The van der Waals surface area contributed by atoms with Gasteiger partial charge in [0.2, 0.25) is 0 Å². The Bertz CT molecular complexity index is 3270. The summed E-state index contributed by atoms with van der Waals surface area (Å²) in [5.74, 6) is 2.20. The number of thiophene rings is 1. The lowest BCUT2D eigenvalue weighted by atomic mass is 9.36. The van der Waals surface area contributed by atoms with Gasteiger partial charge in [0.15, 0.2) is 0 Å². The highest BCUT2D eigenvalue weighted by Crippen LogP contribution is 2.59. The summed E-state index contributed by atoms with van der Waals surface area (Å²) in [5.41, 5.74) is 25.1. The number of nitrogens with zero attached hydrogens (tertiary/aromatic N) is 2. The second-order valence-electron chi connectivity index (χ2n) is 30.2. The van der Waals surface area contributed by atoms with Crippen LogP contribution >= 0.6 is 11.3 Å². The second-order valence-corrected chi connectivity index (χ2v) is 31.3. The molecule has 12 rings (SSSR count). The fourth-order valence-electron chi connectivity index (χ4n) is 16.2. The van der Waals surface area contributed by atoms with Gasteiger partial charge < -0.3 is 9.80 Å². The van der Waals surface area contributed by atoms with Crippen molar-refractivity contribution in [2.75, 3.05) is 9.80 Å². The molecule has 0 amide bonds. The molecule has 4 heteroatoms. The van der Waals surface area contributed by atoms with E-state index >= 15 is 0 Å². The normalized spacial score (nSPS) is 25.2. The molecule has 382 valence electrons. The molecule has 2 aliphatic heterocycles. The molecule has 6 aliphatic rings. The molecule has 0 radical (unpaired) electrons. The quantitative estimate of drug-likeness (QED) is 0.163. The van der Waals surface area contributed by atoms with Crippen molar-refractivity contribution in [2.45, 2.75) is 220 Å². The van der Waals surface area contributed by atoms with Crippen molar-refractivity contribution in [3.05, 3.63) is 123 Å². The summed E-state index contributed by atoms with van der Waals surface area (Å²) in [4.78, 5) is 5.67. The van der Waals surface area contributed by atoms with Gasteiger partial charge in [0, 0.05) is 43.3 Å². The van der Waals surface area contributed by atoms with Crippen LogP contribution in [0.15, 0.2) is 72.8 Å². The van der Waals surface area contributed by atoms with Crippen molar-refractivity contribution < 1.29 is 0 Å². The van der Waals surface area contributed by atoms with Gasteiger partial charge in [0.25, 0.3) is 6.71 Å². The number of hydrogen-bond donors (Lipinski definition) is 0. The van der Waals surface area contributed by atoms with Crippen LogP contribution in [0, 0.1) is 31.6 Å². The highest BCUT2D eigenvalue weighted by atomic mass is 32.1. The van der Waals surface area contributed by atoms with E-state index in [1.807, 2.05) is 0 Å². The second kappa shape index (κ2) is 15.9. The summed E-state index contributed by atoms with van der Waals surface area (Å²) in [6, 6.07) is 31.4. The van der Waals surface area contributed by atoms with Crippen molar-refractivity contribution in [3.8, 4) is 0 Å². The number of fused-ring (bicyclic) bond motifs is 10. The fraction of sp³-hybridized carbons (Fsp3) is 0.536. The van der Waals surface area contributed by atoms with E-state index in [4.69, 9.17) is 0 Å². The molecule has 0 saturated heterocycles. The molecule has 5 aromatic carbocycles. The molecule has 2 fully saturated rings. The van der Waals surface area contributed by atoms with Crippen LogP contribution in [0.4, 0.5) is 34.1 Å². The number of anilines is 6. The summed E-state index contributed by atoms with van der Waals surface area (Å²) in [7, 11) is 0. The first-order chi connectivity index (χ1) is 34.0. The third kappa shape index (κ3) is 7.56. The molecule has 2 saturated carbocycles. The van der Waals surface area contributed by atoms with Gasteiger partial charge in [-0.3, -0.25) is 0 Å². The van der Waals surface area contributed by atoms with Crippen molar-refractivity contribution >= 4 is 78.0 Å². The highest BCUT2D eigenvalue weighted by molar-refractivity contribution is 7.33. The lowest BCUT2D eigenvalue weighted by Crippen LogP contribution is -2.60. The maximum atomic E-state index is 2.89. The predicted molar refractivity (Wildman–Crippen MR) is 320 cm³/mol. The highest BCUT2D eigenvalue weighted by Gasteiger charge is 2.51. The number of rotatable bonds is 3. The first-order valence-corrected chi connectivity index (χ1v) is 29.6. The van der Waals surface area contributed by atoms with Gasteiger partial charge in [-0.1, -0.05) is 141 Å². The molecule has 2 nitrogen and oxygen atoms in total. The van der Waals surface area contributed by atoms with Crippen molar-refractivity contribution in [1.82, 2.24) is 0 Å². The fourth-order valence-corrected chi connectivity index (χ4v) is 17.5. The summed E-state index contributed by atoms with van der Waals surface area (Å²) in [6.07, 6.45) is 11.4. The first kappa shape index (κ1) is 49.6. The van der Waals surface area contributed by atoms with Crippen LogP contribution in [-0.4, -0.2) is 6.71 Å². The molecule has 2 bridgehead atoms. The van der Waals surface area contributed by atoms with Crippen LogP contribution in [0.3, 0.4) is 0 Å². The molecule has 1 aromatic heterocycles. The molecule has 2 atom stereocenters. The van der Waals surface area contributed by atoms with Crippen LogP contribution < -0.4 is 25.5 Å². The molecule has 3 heterocycles. The zero-order valence-corrected chi connectivity index (χ0v) is 49.2. The molecular weight excluding hydrogens is 900 g/mol. The average Bonchev–Trinajstić information content (AvgIpc) is 3.66. The molecule has 6 aromatic rings. The van der Waals surface area contributed by atoms with E-state index in [-0.39, 0.29) is 44.6 Å². The van der Waals surface area contributed by atoms with E-state index in [1.54, 1.807) is 22.3 Å². The largest absolute Gasteiger partial charge is 0.311 e. The van der Waals surface area contributed by atoms with Gasteiger partial charge in [0.05, 0.1) is 5.69 Å². The Hall–Kier alpha value is -4.28. The Balaban J connectivity index is 1.25. The van der Waals surface area contributed by atoms with Gasteiger partial charge in [-0.05, 0) is 231 Å². The Morgan fingerprint density at radius 1 is 0.521 bits per heavy atom. The van der Waals surface area contributed by atoms with Crippen LogP contribution in [0.5, 0.6) is 0 Å². The summed E-state index contributed by atoms with van der Waals surface area (Å²) in [6.45, 7) is 44.4. The van der Waals surface area contributed by atoms with Gasteiger partial charge >= 0.3 is 0 Å². The van der Waals surface area contributed by atoms with Crippen molar-refractivity contribution in [1.29, 1.82) is 0 Å². The van der Waals surface area contributed by atoms with Gasteiger partial charge in [-0.15, -0.1) is 11.3 Å². The third-order valence-corrected chi connectivity index (χ3v) is 21.7. The molecule has 2 unspecified atom stereocenters. The molecule has 4 aliphatic carbocycles. The minimum absolute atomic E-state index is 0.0132. The third-order valence-electron chi connectivity index (χ3n) is 20.5. The monoisotopic (exact) mass is 987 g/mol. The topological polar surface area (TPSA) is 6.48 Å². The Morgan fingerprint density at radius 3 is 1.60 bits per heavy atom. The van der Waals surface area contributed by atoms with Crippen LogP contribution in [0.25, 0.3) is 10.1 Å². The zero-order valence-electron chi connectivity index (χ0n) is 48.4. The van der Waals surface area contributed by atoms with Crippen LogP contribution in [0.2, 0.25) is 0 Å². The summed E-state index contributed by atoms with van der Waals surface area (Å²) in [5, 5.41) is 1.44. The van der Waals surface area contributed by atoms with E-state index in [0.29, 0.717) is 11.8 Å². The van der Waals surface area contributed by atoms with E-state index in [9.17, 15) is 0 Å². The first-order valence-electron chi connectivity index (χ1n) is 28.8. The SMILES string of the molecule is Cc1cc(C(C)(C)C)ccc1N1c2cc(C(C)(C)C)ccc2B2c3sc4cc5c(cc4c3N(c3cc4c(cc3C)C(C)(C)CCC4(C)C)c3cc(C46CC(C)CC(CC(C)C4)C6)cc1c32)C(C)(C)CCC5(C)C. The maximum Gasteiger partial charge on any atom is 0.264 e. The average molecular weight is 987 g/mol. The van der Waals surface area contributed by atoms with E-state index in [1.165, 1.54) is 146 Å². The minimum Gasteiger partial charge on any atom is -0.311 e. The van der Waals surface area contributed by atoms with Crippen molar-refractivity contribution in [2.24, 2.45) is 17.8 Å². The van der Waals surface area contributed by atoms with E-state index in [0.717, 1.165) is 5.92 Å². The summed E-state index contributed by atoms with van der Waals surface area (Å²) < 4.78 is 2.95. The zero-order chi connectivity index (χ0) is 52.1. The van der Waals surface area contributed by atoms with E-state index < -0.39 is 0 Å². The number of aryl methyl sites for hydroxylation is 2. The standard InChI is InChI=1S/C69H87BN2S/c1-40-27-44-28-41(2)38-69(37-40,39-44)47-32-57-60-58(33-47)72(55-35-51-49(30-43(55)4)65(11,12)23-25-67(51,15)16)61-48-34-50-52(68(17,18)26-24-66(50,13)14)36-59(48)73-62(61)70(60)53-21-19-46(64(8,9)10)31-56(53)71(57)54-22-20-45(29-42(54)3)63(5,6)7/h19-22,29-36,40-41,44H,23-28,37-39H2,1-18H3. The van der Waals surface area contributed by atoms with Gasteiger partial charge in [0.1, 0.15) is 0 Å². The summed E-state index contributed by atoms with van der Waals surface area (Å²) >= 11 is 2.11.